The highest BCUT2D eigenvalue weighted by Gasteiger charge is 2.42. The van der Waals surface area contributed by atoms with Gasteiger partial charge in [-0.25, -0.2) is 0 Å². The number of rotatable bonds is 5. The highest BCUT2D eigenvalue weighted by Crippen LogP contribution is 2.45. The minimum Gasteiger partial charge on any atom is -0.493 e. The van der Waals surface area contributed by atoms with Crippen LogP contribution in [-0.4, -0.2) is 43.2 Å². The van der Waals surface area contributed by atoms with Crippen molar-refractivity contribution in [2.75, 3.05) is 25.2 Å². The molecule has 1 aromatic carbocycles. The number of aliphatic hydroxyl groups excluding tert-OH is 1. The van der Waals surface area contributed by atoms with E-state index in [4.69, 9.17) is 14.6 Å². The Morgan fingerprint density at radius 3 is 2.71 bits per heavy atom. The minimum absolute atomic E-state index is 0.0229. The molecular formula is C15H19NO5. The van der Waals surface area contributed by atoms with Crippen molar-refractivity contribution in [1.29, 1.82) is 0 Å². The monoisotopic (exact) mass is 293 g/mol. The molecule has 0 atom stereocenters. The summed E-state index contributed by atoms with van der Waals surface area (Å²) in [6, 6.07) is 3.16. The standard InChI is InChI=1S/C15H19NO5/c1-15(2)14(19)16(5-4-6-17)11-7-10(9-18)8-12(20-3)13(11)21-15/h7-9,17H,4-6H2,1-3H3. The van der Waals surface area contributed by atoms with Crippen molar-refractivity contribution in [2.24, 2.45) is 0 Å². The molecule has 0 saturated carbocycles. The normalized spacial score (nSPS) is 16.2. The van der Waals surface area contributed by atoms with Crippen LogP contribution in [-0.2, 0) is 4.79 Å². The first-order valence-corrected chi connectivity index (χ1v) is 6.73. The van der Waals surface area contributed by atoms with Crippen LogP contribution in [0.4, 0.5) is 5.69 Å². The van der Waals surface area contributed by atoms with E-state index in [-0.39, 0.29) is 12.5 Å². The molecule has 2 rings (SSSR count). The quantitative estimate of drug-likeness (QED) is 0.830. The Bertz CT molecular complexity index is 567. The Labute approximate surface area is 123 Å². The molecule has 0 fully saturated rings. The summed E-state index contributed by atoms with van der Waals surface area (Å²) in [5, 5.41) is 9.01. The van der Waals surface area contributed by atoms with E-state index in [0.717, 1.165) is 0 Å². The molecule has 0 aliphatic carbocycles. The molecule has 1 N–H and O–H groups in total. The molecule has 1 aromatic rings. The van der Waals surface area contributed by atoms with Crippen LogP contribution in [0.2, 0.25) is 0 Å². The van der Waals surface area contributed by atoms with Crippen LogP contribution in [0.1, 0.15) is 30.6 Å². The molecule has 0 bridgehead atoms. The second-order valence-electron chi connectivity index (χ2n) is 5.34. The summed E-state index contributed by atoms with van der Waals surface area (Å²) in [5.41, 5.74) is -0.136. The van der Waals surface area contributed by atoms with Gasteiger partial charge in [-0.3, -0.25) is 9.59 Å². The number of carbonyl (C=O) groups is 2. The Hall–Kier alpha value is -2.08. The number of methoxy groups -OCH3 is 1. The van der Waals surface area contributed by atoms with Gasteiger partial charge in [0.15, 0.2) is 17.1 Å². The van der Waals surface area contributed by atoms with Crippen LogP contribution in [0.3, 0.4) is 0 Å². The minimum atomic E-state index is -1.03. The smallest absolute Gasteiger partial charge is 0.270 e. The SMILES string of the molecule is COc1cc(C=O)cc2c1OC(C)(C)C(=O)N2CCCO. The van der Waals surface area contributed by atoms with E-state index in [1.54, 1.807) is 26.0 Å². The number of amides is 1. The number of benzene rings is 1. The maximum Gasteiger partial charge on any atom is 0.270 e. The average Bonchev–Trinajstić information content (AvgIpc) is 2.47. The van der Waals surface area contributed by atoms with E-state index in [9.17, 15) is 9.59 Å². The first-order valence-electron chi connectivity index (χ1n) is 6.73. The van der Waals surface area contributed by atoms with Gasteiger partial charge in [0.2, 0.25) is 0 Å². The zero-order valence-electron chi connectivity index (χ0n) is 12.4. The molecule has 0 saturated heterocycles. The number of nitrogens with zero attached hydrogens (tertiary/aromatic N) is 1. The number of ether oxygens (including phenoxy) is 2. The first-order chi connectivity index (χ1) is 9.94. The van der Waals surface area contributed by atoms with Crippen molar-refractivity contribution in [1.82, 2.24) is 0 Å². The van der Waals surface area contributed by atoms with Crippen LogP contribution in [0.25, 0.3) is 0 Å². The summed E-state index contributed by atoms with van der Waals surface area (Å²) in [4.78, 5) is 25.1. The number of carbonyl (C=O) groups excluding carboxylic acids is 2. The van der Waals surface area contributed by atoms with Crippen LogP contribution in [0.5, 0.6) is 11.5 Å². The highest BCUT2D eigenvalue weighted by atomic mass is 16.5. The summed E-state index contributed by atoms with van der Waals surface area (Å²) >= 11 is 0. The largest absolute Gasteiger partial charge is 0.493 e. The molecule has 0 spiro atoms. The number of anilines is 1. The zero-order valence-corrected chi connectivity index (χ0v) is 12.4. The lowest BCUT2D eigenvalue weighted by atomic mass is 10.0. The van der Waals surface area contributed by atoms with Crippen LogP contribution < -0.4 is 14.4 Å². The molecular weight excluding hydrogens is 274 g/mol. The maximum absolute atomic E-state index is 12.5. The van der Waals surface area contributed by atoms with Gasteiger partial charge in [-0.1, -0.05) is 0 Å². The van der Waals surface area contributed by atoms with Crippen molar-refractivity contribution < 1.29 is 24.2 Å². The van der Waals surface area contributed by atoms with Crippen LogP contribution >= 0.6 is 0 Å². The Balaban J connectivity index is 2.58. The molecule has 21 heavy (non-hydrogen) atoms. The second-order valence-corrected chi connectivity index (χ2v) is 5.34. The maximum atomic E-state index is 12.5. The molecule has 114 valence electrons. The van der Waals surface area contributed by atoms with E-state index in [0.29, 0.717) is 42.0 Å². The summed E-state index contributed by atoms with van der Waals surface area (Å²) in [6.45, 7) is 3.68. The lowest BCUT2D eigenvalue weighted by Crippen LogP contribution is -2.53. The van der Waals surface area contributed by atoms with Gasteiger partial charge < -0.3 is 19.5 Å². The lowest BCUT2D eigenvalue weighted by Gasteiger charge is -2.39. The topological polar surface area (TPSA) is 76.1 Å². The Kier molecular flexibility index (Phi) is 4.18. The summed E-state index contributed by atoms with van der Waals surface area (Å²) in [6.07, 6.45) is 1.13. The van der Waals surface area contributed by atoms with Gasteiger partial charge in [0.25, 0.3) is 5.91 Å². The van der Waals surface area contributed by atoms with Crippen molar-refractivity contribution in [3.05, 3.63) is 17.7 Å². The number of aldehydes is 1. The molecule has 6 heteroatoms. The second kappa shape index (κ2) is 5.73. The molecule has 1 aliphatic heterocycles. The number of fused-ring (bicyclic) bond motifs is 1. The fraction of sp³-hybridized carbons (Fsp3) is 0.467. The zero-order chi connectivity index (χ0) is 15.6. The number of hydrogen-bond donors (Lipinski definition) is 1. The Morgan fingerprint density at radius 1 is 1.43 bits per heavy atom. The lowest BCUT2D eigenvalue weighted by molar-refractivity contribution is -0.132. The predicted molar refractivity (Wildman–Crippen MR) is 77.1 cm³/mol. The van der Waals surface area contributed by atoms with Crippen LogP contribution in [0.15, 0.2) is 12.1 Å². The van der Waals surface area contributed by atoms with Gasteiger partial charge in [-0.05, 0) is 32.4 Å². The highest BCUT2D eigenvalue weighted by molar-refractivity contribution is 6.03. The predicted octanol–water partition coefficient (Wildman–Crippen LogP) is 1.39. The molecule has 1 amide bonds. The summed E-state index contributed by atoms with van der Waals surface area (Å²) in [5.74, 6) is 0.628. The molecule has 0 radical (unpaired) electrons. The van der Waals surface area contributed by atoms with Crippen molar-refractivity contribution in [2.45, 2.75) is 25.9 Å². The summed E-state index contributed by atoms with van der Waals surface area (Å²) in [7, 11) is 1.48. The third-order valence-corrected chi connectivity index (χ3v) is 3.36. The average molecular weight is 293 g/mol. The van der Waals surface area contributed by atoms with Gasteiger partial charge >= 0.3 is 0 Å². The van der Waals surface area contributed by atoms with E-state index in [2.05, 4.69) is 0 Å². The molecule has 1 heterocycles. The van der Waals surface area contributed by atoms with E-state index in [1.807, 2.05) is 0 Å². The van der Waals surface area contributed by atoms with Gasteiger partial charge in [0, 0.05) is 18.7 Å². The van der Waals surface area contributed by atoms with E-state index in [1.165, 1.54) is 12.0 Å². The fourth-order valence-electron chi connectivity index (χ4n) is 2.32. The van der Waals surface area contributed by atoms with E-state index < -0.39 is 5.60 Å². The van der Waals surface area contributed by atoms with Crippen molar-refractivity contribution >= 4 is 17.9 Å². The van der Waals surface area contributed by atoms with Crippen molar-refractivity contribution in [3.63, 3.8) is 0 Å². The molecule has 0 unspecified atom stereocenters. The molecule has 1 aliphatic rings. The number of hydrogen-bond acceptors (Lipinski definition) is 5. The molecule has 6 nitrogen and oxygen atoms in total. The van der Waals surface area contributed by atoms with Gasteiger partial charge in [-0.2, -0.15) is 0 Å². The first kappa shape index (κ1) is 15.3. The Morgan fingerprint density at radius 2 is 2.14 bits per heavy atom. The number of aliphatic hydroxyl groups is 1. The molecule has 0 aromatic heterocycles. The van der Waals surface area contributed by atoms with Gasteiger partial charge in [-0.15, -0.1) is 0 Å². The van der Waals surface area contributed by atoms with E-state index >= 15 is 0 Å². The van der Waals surface area contributed by atoms with Gasteiger partial charge in [0.1, 0.15) is 6.29 Å². The third kappa shape index (κ3) is 2.71. The van der Waals surface area contributed by atoms with Crippen LogP contribution in [0, 0.1) is 0 Å². The summed E-state index contributed by atoms with van der Waals surface area (Å²) < 4.78 is 11.0. The fourth-order valence-corrected chi connectivity index (χ4v) is 2.32. The van der Waals surface area contributed by atoms with Crippen molar-refractivity contribution in [3.8, 4) is 11.5 Å². The third-order valence-electron chi connectivity index (χ3n) is 3.36. The van der Waals surface area contributed by atoms with Gasteiger partial charge in [0.05, 0.1) is 12.8 Å².